The van der Waals surface area contributed by atoms with Gasteiger partial charge in [0.25, 0.3) is 0 Å². The molecule has 0 N–H and O–H groups in total. The molecular weight excluding hydrogens is 225 g/mol. The molecule has 0 aliphatic rings. The summed E-state index contributed by atoms with van der Waals surface area (Å²) >= 11 is 5.67. The number of rotatable bonds is 5. The lowest BCUT2D eigenvalue weighted by Crippen LogP contribution is -2.33. The summed E-state index contributed by atoms with van der Waals surface area (Å²) in [6, 6.07) is 5.58. The van der Waals surface area contributed by atoms with Crippen LogP contribution in [0.25, 0.3) is 0 Å². The van der Waals surface area contributed by atoms with Crippen LogP contribution in [0.1, 0.15) is 32.8 Å². The van der Waals surface area contributed by atoms with Crippen molar-refractivity contribution in [3.8, 4) is 0 Å². The van der Waals surface area contributed by atoms with Crippen LogP contribution in [0.4, 0.5) is 10.1 Å². The monoisotopic (exact) mass is 243 g/mol. The third-order valence-corrected chi connectivity index (χ3v) is 3.25. The molecule has 16 heavy (non-hydrogen) atoms. The van der Waals surface area contributed by atoms with Crippen LogP contribution >= 0.6 is 11.6 Å². The number of nitrogens with zero attached hydrogens (tertiary/aromatic N) is 1. The summed E-state index contributed by atoms with van der Waals surface area (Å²) in [5.41, 5.74) is 1.49. The van der Waals surface area contributed by atoms with Gasteiger partial charge in [-0.15, -0.1) is 11.6 Å². The number of anilines is 1. The Bertz CT molecular complexity index is 341. The number of alkyl halides is 1. The van der Waals surface area contributed by atoms with Gasteiger partial charge in [0.05, 0.1) is 5.69 Å². The molecule has 0 saturated heterocycles. The lowest BCUT2D eigenvalue weighted by atomic mass is 10.1. The predicted molar refractivity (Wildman–Crippen MR) is 68.7 cm³/mol. The largest absolute Gasteiger partial charge is 0.367 e. The second kappa shape index (κ2) is 6.09. The first-order chi connectivity index (χ1) is 7.63. The Hall–Kier alpha value is -0.760. The van der Waals surface area contributed by atoms with E-state index < -0.39 is 0 Å². The van der Waals surface area contributed by atoms with E-state index in [1.807, 2.05) is 19.1 Å². The highest BCUT2D eigenvalue weighted by Gasteiger charge is 2.14. The summed E-state index contributed by atoms with van der Waals surface area (Å²) in [5, 5.41) is 0. The molecule has 0 amide bonds. The Morgan fingerprint density at radius 3 is 2.50 bits per heavy atom. The SMILES string of the molecule is CCC(C)N(CC)c1ccc(CCl)cc1F. The van der Waals surface area contributed by atoms with Gasteiger partial charge in [0.15, 0.2) is 0 Å². The fourth-order valence-electron chi connectivity index (χ4n) is 1.81. The van der Waals surface area contributed by atoms with Crippen LogP contribution in [-0.2, 0) is 5.88 Å². The van der Waals surface area contributed by atoms with Gasteiger partial charge in [-0.05, 0) is 38.0 Å². The lowest BCUT2D eigenvalue weighted by Gasteiger charge is -2.29. The lowest BCUT2D eigenvalue weighted by molar-refractivity contribution is 0.583. The zero-order valence-corrected chi connectivity index (χ0v) is 10.9. The molecule has 1 rings (SSSR count). The number of hydrogen-bond acceptors (Lipinski definition) is 1. The highest BCUT2D eigenvalue weighted by Crippen LogP contribution is 2.23. The summed E-state index contributed by atoms with van der Waals surface area (Å²) in [5.74, 6) is 0.174. The van der Waals surface area contributed by atoms with Gasteiger partial charge >= 0.3 is 0 Å². The summed E-state index contributed by atoms with van der Waals surface area (Å²) < 4.78 is 13.9. The van der Waals surface area contributed by atoms with Crippen molar-refractivity contribution < 1.29 is 4.39 Å². The van der Waals surface area contributed by atoms with Gasteiger partial charge in [-0.2, -0.15) is 0 Å². The highest BCUT2D eigenvalue weighted by molar-refractivity contribution is 6.17. The average Bonchev–Trinajstić information content (AvgIpc) is 2.31. The Labute approximate surface area is 102 Å². The summed E-state index contributed by atoms with van der Waals surface area (Å²) in [7, 11) is 0. The number of benzene rings is 1. The van der Waals surface area contributed by atoms with Gasteiger partial charge in [0.1, 0.15) is 5.82 Å². The topological polar surface area (TPSA) is 3.24 Å². The van der Waals surface area contributed by atoms with Crippen molar-refractivity contribution in [2.45, 2.75) is 39.1 Å². The van der Waals surface area contributed by atoms with Crippen molar-refractivity contribution in [3.05, 3.63) is 29.6 Å². The molecule has 0 fully saturated rings. The van der Waals surface area contributed by atoms with Crippen LogP contribution in [-0.4, -0.2) is 12.6 Å². The maximum atomic E-state index is 13.9. The first-order valence-electron chi connectivity index (χ1n) is 5.75. The normalized spacial score (nSPS) is 12.6. The van der Waals surface area contributed by atoms with Gasteiger partial charge in [-0.3, -0.25) is 0 Å². The molecule has 1 aromatic rings. The van der Waals surface area contributed by atoms with Crippen LogP contribution in [0.2, 0.25) is 0 Å². The van der Waals surface area contributed by atoms with E-state index in [0.717, 1.165) is 18.5 Å². The predicted octanol–water partition coefficient (Wildman–Crippen LogP) is 4.19. The minimum atomic E-state index is -0.180. The maximum Gasteiger partial charge on any atom is 0.146 e. The van der Waals surface area contributed by atoms with E-state index in [-0.39, 0.29) is 5.82 Å². The van der Waals surface area contributed by atoms with Crippen molar-refractivity contribution in [1.82, 2.24) is 0 Å². The summed E-state index contributed by atoms with van der Waals surface area (Å²) in [6.07, 6.45) is 1.00. The minimum Gasteiger partial charge on any atom is -0.367 e. The standard InChI is InChI=1S/C13H19ClFN/c1-4-10(3)16(5-2)13-7-6-11(9-14)8-12(13)15/h6-8,10H,4-5,9H2,1-3H3. The van der Waals surface area contributed by atoms with E-state index in [1.54, 1.807) is 0 Å². The highest BCUT2D eigenvalue weighted by atomic mass is 35.5. The molecule has 0 heterocycles. The zero-order valence-electron chi connectivity index (χ0n) is 10.1. The van der Waals surface area contributed by atoms with E-state index in [9.17, 15) is 4.39 Å². The van der Waals surface area contributed by atoms with Gasteiger partial charge in [-0.25, -0.2) is 4.39 Å². The molecule has 0 aliphatic carbocycles. The van der Waals surface area contributed by atoms with Crippen LogP contribution in [0.5, 0.6) is 0 Å². The van der Waals surface area contributed by atoms with Crippen LogP contribution in [0.3, 0.4) is 0 Å². The Balaban J connectivity index is 3.01. The van der Waals surface area contributed by atoms with E-state index >= 15 is 0 Å². The Morgan fingerprint density at radius 2 is 2.06 bits per heavy atom. The fraction of sp³-hybridized carbons (Fsp3) is 0.538. The van der Waals surface area contributed by atoms with E-state index in [2.05, 4.69) is 18.7 Å². The second-order valence-electron chi connectivity index (χ2n) is 3.96. The van der Waals surface area contributed by atoms with E-state index in [1.165, 1.54) is 6.07 Å². The Kier molecular flexibility index (Phi) is 5.07. The van der Waals surface area contributed by atoms with Crippen LogP contribution in [0, 0.1) is 5.82 Å². The zero-order chi connectivity index (χ0) is 12.1. The molecule has 90 valence electrons. The van der Waals surface area contributed by atoms with E-state index in [4.69, 9.17) is 11.6 Å². The van der Waals surface area contributed by atoms with Gasteiger partial charge in [-0.1, -0.05) is 13.0 Å². The third kappa shape index (κ3) is 2.88. The molecule has 1 unspecified atom stereocenters. The molecular formula is C13H19ClFN. The molecule has 0 aliphatic heterocycles. The molecule has 0 radical (unpaired) electrons. The molecule has 1 nitrogen and oxygen atoms in total. The third-order valence-electron chi connectivity index (χ3n) is 2.94. The van der Waals surface area contributed by atoms with Crippen molar-refractivity contribution >= 4 is 17.3 Å². The molecule has 1 atom stereocenters. The molecule has 0 saturated carbocycles. The molecule has 1 aromatic carbocycles. The van der Waals surface area contributed by atoms with Crippen molar-refractivity contribution in [1.29, 1.82) is 0 Å². The first kappa shape index (κ1) is 13.3. The van der Waals surface area contributed by atoms with Crippen molar-refractivity contribution in [2.75, 3.05) is 11.4 Å². The minimum absolute atomic E-state index is 0.180. The second-order valence-corrected chi connectivity index (χ2v) is 4.23. The van der Waals surface area contributed by atoms with Gasteiger partial charge in [0.2, 0.25) is 0 Å². The molecule has 0 bridgehead atoms. The summed E-state index contributed by atoms with van der Waals surface area (Å²) in [6.45, 7) is 7.07. The van der Waals surface area contributed by atoms with Gasteiger partial charge < -0.3 is 4.90 Å². The average molecular weight is 244 g/mol. The smallest absolute Gasteiger partial charge is 0.146 e. The van der Waals surface area contributed by atoms with Gasteiger partial charge in [0, 0.05) is 18.5 Å². The number of hydrogen-bond donors (Lipinski definition) is 0. The maximum absolute atomic E-state index is 13.9. The van der Waals surface area contributed by atoms with Crippen LogP contribution in [0.15, 0.2) is 18.2 Å². The fourth-order valence-corrected chi connectivity index (χ4v) is 1.97. The first-order valence-corrected chi connectivity index (χ1v) is 6.28. The van der Waals surface area contributed by atoms with Crippen LogP contribution < -0.4 is 4.90 Å². The Morgan fingerprint density at radius 1 is 1.38 bits per heavy atom. The number of halogens is 2. The molecule has 0 spiro atoms. The summed E-state index contributed by atoms with van der Waals surface area (Å²) in [4.78, 5) is 2.08. The van der Waals surface area contributed by atoms with E-state index in [0.29, 0.717) is 17.6 Å². The molecule has 3 heteroatoms. The quantitative estimate of drug-likeness (QED) is 0.701. The van der Waals surface area contributed by atoms with Crippen molar-refractivity contribution in [3.63, 3.8) is 0 Å². The molecule has 0 aromatic heterocycles. The van der Waals surface area contributed by atoms with Crippen molar-refractivity contribution in [2.24, 2.45) is 0 Å².